The van der Waals surface area contributed by atoms with Gasteiger partial charge in [0.15, 0.2) is 0 Å². The van der Waals surface area contributed by atoms with E-state index >= 15 is 0 Å². The Morgan fingerprint density at radius 2 is 1.87 bits per heavy atom. The molecule has 0 fully saturated rings. The van der Waals surface area contributed by atoms with Crippen LogP contribution in [0.1, 0.15) is 0 Å². The Hall–Kier alpha value is 0.616. The molecular formula is C7H7KNO4S2. The molecule has 0 unspecified atom stereocenters. The van der Waals surface area contributed by atoms with Crippen LogP contribution in [0.5, 0.6) is 0 Å². The zero-order valence-electron chi connectivity index (χ0n) is 7.84. The first-order valence-electron chi connectivity index (χ1n) is 3.40. The summed E-state index contributed by atoms with van der Waals surface area (Å²) in [4.78, 5) is 3.76. The second-order valence-electron chi connectivity index (χ2n) is 2.42. The minimum atomic E-state index is -4.16. The summed E-state index contributed by atoms with van der Waals surface area (Å²) in [5, 5.41) is 0. The van der Waals surface area contributed by atoms with Crippen LogP contribution in [-0.2, 0) is 10.1 Å². The van der Waals surface area contributed by atoms with Crippen molar-refractivity contribution in [2.75, 3.05) is 0 Å². The summed E-state index contributed by atoms with van der Waals surface area (Å²) in [6.07, 6.45) is 0. The molecule has 3 N–H and O–H groups in total. The van der Waals surface area contributed by atoms with Crippen LogP contribution in [0.3, 0.4) is 0 Å². The van der Waals surface area contributed by atoms with Crippen molar-refractivity contribution in [3.63, 3.8) is 0 Å². The zero-order chi connectivity index (χ0) is 9.47. The first-order chi connectivity index (χ1) is 6.07. The van der Waals surface area contributed by atoms with Crippen LogP contribution in [0.15, 0.2) is 28.6 Å². The minimum Gasteiger partial charge on any atom is -0.412 e. The molecule has 0 aliphatic heterocycles. The molecule has 0 aliphatic carbocycles. The third-order valence-corrected chi connectivity index (χ3v) is 3.74. The van der Waals surface area contributed by atoms with E-state index in [1.807, 2.05) is 0 Å². The van der Waals surface area contributed by atoms with Crippen molar-refractivity contribution in [2.24, 2.45) is 0 Å². The Bertz CT molecular complexity index is 518. The summed E-state index contributed by atoms with van der Waals surface area (Å²) in [5.74, 6) is 0. The Morgan fingerprint density at radius 1 is 1.27 bits per heavy atom. The van der Waals surface area contributed by atoms with Gasteiger partial charge in [-0.05, 0) is 12.1 Å². The average Bonchev–Trinajstić information content (AvgIpc) is 2.45. The van der Waals surface area contributed by atoms with E-state index in [1.54, 1.807) is 24.3 Å². The quantitative estimate of drug-likeness (QED) is 0.597. The van der Waals surface area contributed by atoms with E-state index in [1.165, 1.54) is 0 Å². The van der Waals surface area contributed by atoms with Gasteiger partial charge in [-0.15, -0.1) is 11.3 Å². The summed E-state index contributed by atoms with van der Waals surface area (Å²) < 4.78 is 30.6. The fourth-order valence-corrected chi connectivity index (χ4v) is 2.56. The molecule has 0 amide bonds. The first kappa shape index (κ1) is 15.6. The van der Waals surface area contributed by atoms with Gasteiger partial charge in [0.25, 0.3) is 0 Å². The van der Waals surface area contributed by atoms with E-state index in [0.29, 0.717) is 5.52 Å². The second kappa shape index (κ2) is 5.80. The van der Waals surface area contributed by atoms with E-state index in [0.717, 1.165) is 16.0 Å². The molecule has 15 heavy (non-hydrogen) atoms. The zero-order valence-corrected chi connectivity index (χ0v) is 12.6. The van der Waals surface area contributed by atoms with Gasteiger partial charge in [-0.25, -0.2) is 4.98 Å². The smallest absolute Gasteiger partial charge is 0.322 e. The number of rotatable bonds is 1. The fraction of sp³-hybridized carbons (Fsp3) is 0. The SMILES string of the molecule is O.O=S(=O)(O)c1nc2ccccc2s1.[K]. The number of fused-ring (bicyclic) bond motifs is 1. The van der Waals surface area contributed by atoms with Crippen molar-refractivity contribution in [3.8, 4) is 0 Å². The normalized spacial score (nSPS) is 10.5. The number of thiazole rings is 1. The molecular weight excluding hydrogens is 265 g/mol. The standard InChI is InChI=1S/C7H5NO3S2.K.H2O/c9-13(10,11)7-8-5-3-1-2-4-6(5)12-7;;/h1-4H,(H,9,10,11);;1H2. The van der Waals surface area contributed by atoms with Crippen LogP contribution in [0, 0.1) is 0 Å². The molecule has 77 valence electrons. The Labute approximate surface area is 133 Å². The second-order valence-corrected chi connectivity index (χ2v) is 5.05. The molecule has 0 saturated heterocycles. The third kappa shape index (κ3) is 3.55. The maximum absolute atomic E-state index is 10.7. The summed E-state index contributed by atoms with van der Waals surface area (Å²) in [5.41, 5.74) is 0.583. The number of nitrogens with zero attached hydrogens (tertiary/aromatic N) is 1. The predicted molar refractivity (Wildman–Crippen MR) is 58.8 cm³/mol. The summed E-state index contributed by atoms with van der Waals surface area (Å²) in [6.45, 7) is 0. The third-order valence-electron chi connectivity index (χ3n) is 1.49. The maximum atomic E-state index is 10.7. The van der Waals surface area contributed by atoms with Gasteiger partial charge in [0.2, 0.25) is 4.34 Å². The number of para-hydroxylation sites is 1. The Morgan fingerprint density at radius 3 is 2.40 bits per heavy atom. The van der Waals surface area contributed by atoms with E-state index in [-0.39, 0.29) is 61.2 Å². The van der Waals surface area contributed by atoms with Crippen molar-refractivity contribution in [1.82, 2.24) is 4.98 Å². The molecule has 0 spiro atoms. The monoisotopic (exact) mass is 272 g/mol. The molecule has 0 bridgehead atoms. The largest absolute Gasteiger partial charge is 0.412 e. The maximum Gasteiger partial charge on any atom is 0.322 e. The van der Waals surface area contributed by atoms with Gasteiger partial charge in [-0.3, -0.25) is 4.55 Å². The molecule has 0 saturated carbocycles. The van der Waals surface area contributed by atoms with Gasteiger partial charge in [0.05, 0.1) is 10.2 Å². The van der Waals surface area contributed by atoms with Crippen LogP contribution in [0.4, 0.5) is 0 Å². The molecule has 1 aromatic carbocycles. The van der Waals surface area contributed by atoms with Gasteiger partial charge in [-0.1, -0.05) is 12.1 Å². The van der Waals surface area contributed by atoms with Gasteiger partial charge < -0.3 is 5.48 Å². The molecule has 2 rings (SSSR count). The van der Waals surface area contributed by atoms with Crippen molar-refractivity contribution in [3.05, 3.63) is 24.3 Å². The summed E-state index contributed by atoms with van der Waals surface area (Å²) in [7, 11) is -4.16. The summed E-state index contributed by atoms with van der Waals surface area (Å²) in [6, 6.07) is 6.99. The van der Waals surface area contributed by atoms with Gasteiger partial charge in [-0.2, -0.15) is 8.42 Å². The number of aromatic nitrogens is 1. The van der Waals surface area contributed by atoms with Crippen LogP contribution in [-0.4, -0.2) is 74.8 Å². The van der Waals surface area contributed by atoms with Gasteiger partial charge in [0.1, 0.15) is 0 Å². The first-order valence-corrected chi connectivity index (χ1v) is 5.66. The number of benzene rings is 1. The molecule has 1 heterocycles. The van der Waals surface area contributed by atoms with Gasteiger partial charge >= 0.3 is 10.1 Å². The Balaban J connectivity index is 0.000000980. The molecule has 0 aliphatic rings. The molecule has 2 aromatic rings. The summed E-state index contributed by atoms with van der Waals surface area (Å²) >= 11 is 0.955. The van der Waals surface area contributed by atoms with Crippen LogP contribution in [0.25, 0.3) is 10.2 Å². The van der Waals surface area contributed by atoms with Gasteiger partial charge in [0, 0.05) is 51.4 Å². The van der Waals surface area contributed by atoms with E-state index in [2.05, 4.69) is 4.98 Å². The van der Waals surface area contributed by atoms with Crippen molar-refractivity contribution >= 4 is 83.1 Å². The van der Waals surface area contributed by atoms with E-state index in [4.69, 9.17) is 4.55 Å². The fourth-order valence-electron chi connectivity index (χ4n) is 0.961. The van der Waals surface area contributed by atoms with Crippen molar-refractivity contribution in [1.29, 1.82) is 0 Å². The molecule has 0 atom stereocenters. The molecule has 1 radical (unpaired) electrons. The minimum absolute atomic E-state index is 0. The van der Waals surface area contributed by atoms with Crippen molar-refractivity contribution in [2.45, 2.75) is 4.34 Å². The van der Waals surface area contributed by atoms with Crippen LogP contribution >= 0.6 is 11.3 Å². The number of hydrogen-bond donors (Lipinski definition) is 1. The number of hydrogen-bond acceptors (Lipinski definition) is 4. The van der Waals surface area contributed by atoms with Crippen LogP contribution < -0.4 is 0 Å². The predicted octanol–water partition coefficient (Wildman–Crippen LogP) is 0.338. The molecule has 1 aromatic heterocycles. The van der Waals surface area contributed by atoms with Crippen molar-refractivity contribution < 1.29 is 18.4 Å². The average molecular weight is 272 g/mol. The van der Waals surface area contributed by atoms with E-state index < -0.39 is 10.1 Å². The van der Waals surface area contributed by atoms with Crippen LogP contribution in [0.2, 0.25) is 0 Å². The topological polar surface area (TPSA) is 98.8 Å². The van der Waals surface area contributed by atoms with E-state index in [9.17, 15) is 8.42 Å². The Kier molecular flexibility index (Phi) is 6.04. The molecule has 5 nitrogen and oxygen atoms in total. The molecule has 8 heteroatoms.